The number of hydrogen-bond donors (Lipinski definition) is 0. The minimum Gasteiger partial charge on any atom is -0.300 e. The fraction of sp³-hybridized carbons (Fsp3) is 0.684. The Labute approximate surface area is 154 Å². The highest BCUT2D eigenvalue weighted by molar-refractivity contribution is 5.85. The molecule has 0 aromatic heterocycles. The Hall–Kier alpha value is -0.280. The van der Waals surface area contributed by atoms with Gasteiger partial charge in [0.2, 0.25) is 0 Å². The highest BCUT2D eigenvalue weighted by atomic mass is 35.5. The lowest BCUT2D eigenvalue weighted by Crippen LogP contribution is -2.50. The van der Waals surface area contributed by atoms with Crippen LogP contribution in [0.3, 0.4) is 0 Å². The number of hydrogen-bond acceptors (Lipinski definition) is 2. The van der Waals surface area contributed by atoms with Crippen molar-refractivity contribution < 1.29 is 0 Å². The average Bonchev–Trinajstić information content (AvgIpc) is 2.54. The van der Waals surface area contributed by atoms with E-state index in [1.54, 1.807) is 11.1 Å². The topological polar surface area (TPSA) is 6.48 Å². The molecule has 0 aliphatic carbocycles. The molecule has 0 spiro atoms. The summed E-state index contributed by atoms with van der Waals surface area (Å²) in [7, 11) is 0. The Kier molecular flexibility index (Phi) is 9.53. The summed E-state index contributed by atoms with van der Waals surface area (Å²) in [6.45, 7) is 8.62. The van der Waals surface area contributed by atoms with Gasteiger partial charge in [0.05, 0.1) is 0 Å². The van der Waals surface area contributed by atoms with E-state index in [9.17, 15) is 0 Å². The van der Waals surface area contributed by atoms with Crippen molar-refractivity contribution in [1.29, 1.82) is 0 Å². The third kappa shape index (κ3) is 5.35. The van der Waals surface area contributed by atoms with E-state index in [1.165, 1.54) is 71.2 Å². The van der Waals surface area contributed by atoms with Crippen molar-refractivity contribution in [3.8, 4) is 0 Å². The first kappa shape index (κ1) is 20.8. The third-order valence-corrected chi connectivity index (χ3v) is 5.24. The van der Waals surface area contributed by atoms with Gasteiger partial charge in [-0.15, -0.1) is 24.8 Å². The van der Waals surface area contributed by atoms with Gasteiger partial charge < -0.3 is 4.90 Å². The van der Waals surface area contributed by atoms with Gasteiger partial charge in [-0.1, -0.05) is 56.9 Å². The minimum absolute atomic E-state index is 0. The highest BCUT2D eigenvalue weighted by Crippen LogP contribution is 2.32. The minimum atomic E-state index is 0. The first-order chi connectivity index (χ1) is 10.4. The van der Waals surface area contributed by atoms with Crippen LogP contribution in [-0.4, -0.2) is 42.5 Å². The van der Waals surface area contributed by atoms with Crippen LogP contribution < -0.4 is 0 Å². The van der Waals surface area contributed by atoms with Crippen LogP contribution in [0.2, 0.25) is 0 Å². The lowest BCUT2D eigenvalue weighted by molar-refractivity contribution is 0.0663. The molecule has 0 saturated carbocycles. The van der Waals surface area contributed by atoms with E-state index in [2.05, 4.69) is 41.0 Å². The first-order valence-electron chi connectivity index (χ1n) is 8.92. The van der Waals surface area contributed by atoms with Crippen LogP contribution in [0.4, 0.5) is 0 Å². The Bertz CT molecular complexity index is 453. The van der Waals surface area contributed by atoms with Crippen molar-refractivity contribution in [2.24, 2.45) is 0 Å². The van der Waals surface area contributed by atoms with Crippen LogP contribution in [0.15, 0.2) is 24.3 Å². The van der Waals surface area contributed by atoms with Crippen molar-refractivity contribution in [2.75, 3.05) is 32.7 Å². The second kappa shape index (κ2) is 10.6. The summed E-state index contributed by atoms with van der Waals surface area (Å²) in [5, 5.41) is 0. The van der Waals surface area contributed by atoms with Crippen LogP contribution in [0, 0.1) is 0 Å². The van der Waals surface area contributed by atoms with Crippen molar-refractivity contribution in [3.63, 3.8) is 0 Å². The van der Waals surface area contributed by atoms with E-state index < -0.39 is 0 Å². The molecule has 1 atom stereocenters. The van der Waals surface area contributed by atoms with Gasteiger partial charge in [0.25, 0.3) is 0 Å². The van der Waals surface area contributed by atoms with Gasteiger partial charge in [0.15, 0.2) is 0 Å². The molecule has 1 aromatic rings. The highest BCUT2D eigenvalue weighted by Gasteiger charge is 2.31. The molecule has 1 unspecified atom stereocenters. The van der Waals surface area contributed by atoms with Crippen LogP contribution >= 0.6 is 24.8 Å². The number of nitrogens with zero attached hydrogens (tertiary/aromatic N) is 2. The van der Waals surface area contributed by atoms with Crippen molar-refractivity contribution in [3.05, 3.63) is 35.4 Å². The maximum atomic E-state index is 2.70. The molecule has 1 fully saturated rings. The summed E-state index contributed by atoms with van der Waals surface area (Å²) in [6.07, 6.45) is 8.21. The van der Waals surface area contributed by atoms with Crippen LogP contribution in [0.1, 0.15) is 56.2 Å². The number of fused-ring (bicyclic) bond motifs is 3. The van der Waals surface area contributed by atoms with Crippen LogP contribution in [0.5, 0.6) is 0 Å². The molecular formula is C19H32Cl2N2. The standard InChI is InChI=1S/C19H30N2.2ClH/c1-2-3-4-5-8-12-20-14-15-21-13-11-17-9-6-7-10-18(17)19(21)16-20;;/h6-7,9-10,19H,2-5,8,11-16H2,1H3;2*1H. The van der Waals surface area contributed by atoms with Gasteiger partial charge in [0.1, 0.15) is 0 Å². The van der Waals surface area contributed by atoms with Crippen molar-refractivity contribution in [1.82, 2.24) is 9.80 Å². The molecule has 2 nitrogen and oxygen atoms in total. The van der Waals surface area contributed by atoms with Gasteiger partial charge in [-0.2, -0.15) is 0 Å². The van der Waals surface area contributed by atoms with E-state index in [-0.39, 0.29) is 24.8 Å². The molecule has 0 N–H and O–H groups in total. The number of piperazine rings is 1. The van der Waals surface area contributed by atoms with Crippen LogP contribution in [-0.2, 0) is 6.42 Å². The molecule has 0 bridgehead atoms. The normalized spacial score (nSPS) is 20.8. The fourth-order valence-corrected chi connectivity index (χ4v) is 3.93. The maximum Gasteiger partial charge on any atom is 0.0478 e. The molecule has 3 rings (SSSR count). The molecule has 2 heterocycles. The average molecular weight is 359 g/mol. The molecule has 0 radical (unpaired) electrons. The van der Waals surface area contributed by atoms with E-state index >= 15 is 0 Å². The van der Waals surface area contributed by atoms with Crippen molar-refractivity contribution >= 4 is 24.8 Å². The molecule has 23 heavy (non-hydrogen) atoms. The maximum absolute atomic E-state index is 2.70. The van der Waals surface area contributed by atoms with Crippen LogP contribution in [0.25, 0.3) is 0 Å². The summed E-state index contributed by atoms with van der Waals surface area (Å²) in [5.74, 6) is 0. The van der Waals surface area contributed by atoms with E-state index in [0.717, 1.165) is 0 Å². The third-order valence-electron chi connectivity index (χ3n) is 5.24. The van der Waals surface area contributed by atoms with Gasteiger partial charge >= 0.3 is 0 Å². The summed E-state index contributed by atoms with van der Waals surface area (Å²) < 4.78 is 0. The van der Waals surface area contributed by atoms with Gasteiger partial charge in [-0.3, -0.25) is 4.90 Å². The van der Waals surface area contributed by atoms with Gasteiger partial charge in [0, 0.05) is 32.2 Å². The second-order valence-electron chi connectivity index (χ2n) is 6.72. The zero-order valence-corrected chi connectivity index (χ0v) is 16.0. The Balaban J connectivity index is 0.00000132. The Morgan fingerprint density at radius 2 is 1.74 bits per heavy atom. The lowest BCUT2D eigenvalue weighted by atomic mass is 9.91. The lowest BCUT2D eigenvalue weighted by Gasteiger charge is -2.45. The summed E-state index contributed by atoms with van der Waals surface area (Å²) in [5.41, 5.74) is 3.18. The number of halogens is 2. The zero-order valence-electron chi connectivity index (χ0n) is 14.4. The second-order valence-corrected chi connectivity index (χ2v) is 6.72. The summed E-state index contributed by atoms with van der Waals surface area (Å²) >= 11 is 0. The van der Waals surface area contributed by atoms with Crippen molar-refractivity contribution in [2.45, 2.75) is 51.5 Å². The Morgan fingerprint density at radius 3 is 2.57 bits per heavy atom. The van der Waals surface area contributed by atoms with E-state index in [4.69, 9.17) is 0 Å². The smallest absolute Gasteiger partial charge is 0.0478 e. The fourth-order valence-electron chi connectivity index (χ4n) is 3.93. The molecule has 2 aliphatic heterocycles. The van der Waals surface area contributed by atoms with E-state index in [0.29, 0.717) is 6.04 Å². The number of rotatable bonds is 6. The van der Waals surface area contributed by atoms with Gasteiger partial charge in [-0.05, 0) is 30.5 Å². The van der Waals surface area contributed by atoms with E-state index in [1.807, 2.05) is 0 Å². The predicted molar refractivity (Wildman–Crippen MR) is 104 cm³/mol. The SMILES string of the molecule is CCCCCCCN1CCN2CCc3ccccc3C2C1.Cl.Cl. The summed E-state index contributed by atoms with van der Waals surface area (Å²) in [4.78, 5) is 5.41. The molecule has 132 valence electrons. The first-order valence-corrected chi connectivity index (χ1v) is 8.92. The monoisotopic (exact) mass is 358 g/mol. The zero-order chi connectivity index (χ0) is 14.5. The molecule has 4 heteroatoms. The largest absolute Gasteiger partial charge is 0.300 e. The quantitative estimate of drug-likeness (QED) is 0.679. The molecular weight excluding hydrogens is 327 g/mol. The summed E-state index contributed by atoms with van der Waals surface area (Å²) in [6, 6.07) is 9.75. The predicted octanol–water partition coefficient (Wildman–Crippen LogP) is 4.72. The number of unbranched alkanes of at least 4 members (excludes halogenated alkanes) is 4. The molecule has 1 aromatic carbocycles. The molecule has 0 amide bonds. The van der Waals surface area contributed by atoms with Gasteiger partial charge in [-0.25, -0.2) is 0 Å². The Morgan fingerprint density at radius 1 is 0.957 bits per heavy atom. The molecule has 1 saturated heterocycles. The molecule has 2 aliphatic rings. The number of benzene rings is 1.